The van der Waals surface area contributed by atoms with E-state index in [1.54, 1.807) is 32.3 Å². The Kier molecular flexibility index (Phi) is 6.02. The minimum atomic E-state index is -3.72. The molecule has 2 aliphatic rings. The Morgan fingerprint density at radius 1 is 1.20 bits per heavy atom. The molecule has 1 heterocycles. The first-order valence-electron chi connectivity index (χ1n) is 8.26. The highest BCUT2D eigenvalue weighted by molar-refractivity contribution is 7.91. The zero-order valence-electron chi connectivity index (χ0n) is 14.8. The fraction of sp³-hybridized carbons (Fsp3) is 0.625. The van der Waals surface area contributed by atoms with Crippen molar-refractivity contribution in [1.82, 2.24) is 20.3 Å². The normalized spacial score (nSPS) is 24.4. The molecule has 1 aliphatic heterocycles. The van der Waals surface area contributed by atoms with Crippen molar-refractivity contribution in [3.8, 4) is 0 Å². The average molecular weight is 370 g/mol. The Hall–Kier alpha value is -1.71. The van der Waals surface area contributed by atoms with Gasteiger partial charge >= 0.3 is 0 Å². The van der Waals surface area contributed by atoms with Gasteiger partial charge in [-0.3, -0.25) is 9.59 Å². The molecule has 2 rings (SSSR count). The molecule has 0 bridgehead atoms. The lowest BCUT2D eigenvalue weighted by Gasteiger charge is -2.28. The highest BCUT2D eigenvalue weighted by atomic mass is 32.2. The van der Waals surface area contributed by atoms with Crippen LogP contribution in [0.3, 0.4) is 0 Å². The van der Waals surface area contributed by atoms with E-state index in [2.05, 4.69) is 16.0 Å². The predicted molar refractivity (Wildman–Crippen MR) is 95.2 cm³/mol. The molecule has 1 saturated heterocycles. The van der Waals surface area contributed by atoms with Crippen molar-refractivity contribution in [2.45, 2.75) is 12.2 Å². The molecule has 0 spiro atoms. The van der Waals surface area contributed by atoms with Crippen molar-refractivity contribution >= 4 is 21.8 Å². The van der Waals surface area contributed by atoms with Gasteiger partial charge in [-0.15, -0.1) is 0 Å². The monoisotopic (exact) mass is 370 g/mol. The predicted octanol–water partition coefficient (Wildman–Crippen LogP) is -1.17. The SMILES string of the molecule is CNCC(C)(CNC)C(=O)NCCN1C(=O)C2C=CC=CC2S1(=O)=O. The van der Waals surface area contributed by atoms with Gasteiger partial charge in [0.2, 0.25) is 21.8 Å². The van der Waals surface area contributed by atoms with Crippen LogP contribution in [0.15, 0.2) is 24.3 Å². The van der Waals surface area contributed by atoms with Crippen molar-refractivity contribution in [2.24, 2.45) is 11.3 Å². The van der Waals surface area contributed by atoms with E-state index in [0.29, 0.717) is 13.1 Å². The van der Waals surface area contributed by atoms with E-state index in [9.17, 15) is 18.0 Å². The minimum Gasteiger partial charge on any atom is -0.354 e. The molecule has 9 heteroatoms. The Bertz CT molecular complexity index is 680. The first-order valence-corrected chi connectivity index (χ1v) is 9.76. The van der Waals surface area contributed by atoms with Gasteiger partial charge in [0.05, 0.1) is 17.9 Å². The van der Waals surface area contributed by atoms with Crippen LogP contribution in [0.2, 0.25) is 0 Å². The van der Waals surface area contributed by atoms with Crippen LogP contribution in [0.5, 0.6) is 0 Å². The van der Waals surface area contributed by atoms with Crippen LogP contribution in [0.4, 0.5) is 0 Å². The van der Waals surface area contributed by atoms with Crippen LogP contribution < -0.4 is 16.0 Å². The van der Waals surface area contributed by atoms with Crippen LogP contribution in [0.1, 0.15) is 6.92 Å². The van der Waals surface area contributed by atoms with Gasteiger partial charge in [-0.05, 0) is 21.0 Å². The van der Waals surface area contributed by atoms with Gasteiger partial charge < -0.3 is 16.0 Å². The molecule has 2 unspecified atom stereocenters. The summed E-state index contributed by atoms with van der Waals surface area (Å²) in [5, 5.41) is 7.88. The third-order valence-corrected chi connectivity index (χ3v) is 6.66. The highest BCUT2D eigenvalue weighted by Crippen LogP contribution is 2.32. The second-order valence-electron chi connectivity index (χ2n) is 6.59. The van der Waals surface area contributed by atoms with Crippen LogP contribution in [-0.4, -0.2) is 70.1 Å². The standard InChI is InChI=1S/C16H26N4O4S/c1-16(10-17-2,11-18-3)15(22)19-8-9-20-14(21)12-6-4-5-7-13(12)25(20,23)24/h4-7,12-13,17-18H,8-11H2,1-3H3,(H,19,22). The molecule has 2 atom stereocenters. The van der Waals surface area contributed by atoms with Crippen molar-refractivity contribution < 1.29 is 18.0 Å². The lowest BCUT2D eigenvalue weighted by molar-refractivity contribution is -0.131. The molecule has 0 aromatic rings. The summed E-state index contributed by atoms with van der Waals surface area (Å²) in [6.07, 6.45) is 6.46. The van der Waals surface area contributed by atoms with Gasteiger partial charge in [0.25, 0.3) is 0 Å². The van der Waals surface area contributed by atoms with Crippen LogP contribution in [-0.2, 0) is 19.6 Å². The fourth-order valence-corrected chi connectivity index (χ4v) is 5.14. The van der Waals surface area contributed by atoms with Crippen LogP contribution >= 0.6 is 0 Å². The summed E-state index contributed by atoms with van der Waals surface area (Å²) in [7, 11) is -0.195. The molecule has 140 valence electrons. The van der Waals surface area contributed by atoms with Crippen molar-refractivity contribution in [1.29, 1.82) is 0 Å². The maximum Gasteiger partial charge on any atom is 0.245 e. The van der Waals surface area contributed by atoms with Gasteiger partial charge in [-0.25, -0.2) is 12.7 Å². The van der Waals surface area contributed by atoms with Gasteiger partial charge in [0, 0.05) is 19.6 Å². The first kappa shape index (κ1) is 19.6. The summed E-state index contributed by atoms with van der Waals surface area (Å²) < 4.78 is 25.9. The smallest absolute Gasteiger partial charge is 0.245 e. The Balaban J connectivity index is 1.99. The van der Waals surface area contributed by atoms with E-state index in [-0.39, 0.29) is 19.0 Å². The second-order valence-corrected chi connectivity index (χ2v) is 8.61. The number of hydrogen-bond donors (Lipinski definition) is 3. The molecule has 0 aromatic carbocycles. The maximum atomic E-state index is 12.5. The molecule has 3 N–H and O–H groups in total. The van der Waals surface area contributed by atoms with E-state index in [1.165, 1.54) is 6.08 Å². The van der Waals surface area contributed by atoms with Gasteiger partial charge in [-0.1, -0.05) is 24.3 Å². The summed E-state index contributed by atoms with van der Waals surface area (Å²) in [5.41, 5.74) is -0.670. The molecule has 0 radical (unpaired) electrons. The summed E-state index contributed by atoms with van der Waals surface area (Å²) in [6.45, 7) is 2.79. The van der Waals surface area contributed by atoms with Gasteiger partial charge in [-0.2, -0.15) is 0 Å². The summed E-state index contributed by atoms with van der Waals surface area (Å²) in [4.78, 5) is 24.8. The largest absolute Gasteiger partial charge is 0.354 e. The van der Waals surface area contributed by atoms with Crippen LogP contribution in [0, 0.1) is 11.3 Å². The number of sulfonamides is 1. The Morgan fingerprint density at radius 3 is 2.36 bits per heavy atom. The number of carbonyl (C=O) groups is 2. The fourth-order valence-electron chi connectivity index (χ4n) is 3.26. The van der Waals surface area contributed by atoms with Gasteiger partial charge in [0.15, 0.2) is 0 Å². The maximum absolute atomic E-state index is 12.5. The minimum absolute atomic E-state index is 0.0588. The van der Waals surface area contributed by atoms with Crippen molar-refractivity contribution in [2.75, 3.05) is 40.3 Å². The number of carbonyl (C=O) groups excluding carboxylic acids is 2. The lowest BCUT2D eigenvalue weighted by atomic mass is 9.89. The number of rotatable bonds is 8. The van der Waals surface area contributed by atoms with E-state index in [4.69, 9.17) is 0 Å². The van der Waals surface area contributed by atoms with Crippen molar-refractivity contribution in [3.63, 3.8) is 0 Å². The Labute approximate surface area is 148 Å². The number of fused-ring (bicyclic) bond motifs is 1. The Morgan fingerprint density at radius 2 is 1.80 bits per heavy atom. The number of amides is 2. The summed E-state index contributed by atoms with van der Waals surface area (Å²) in [5.74, 6) is -1.30. The molecule has 8 nitrogen and oxygen atoms in total. The second kappa shape index (κ2) is 7.67. The molecule has 1 fully saturated rings. The topological polar surface area (TPSA) is 108 Å². The molecule has 1 aliphatic carbocycles. The average Bonchev–Trinajstić information content (AvgIpc) is 2.76. The third kappa shape index (κ3) is 3.78. The molecular weight excluding hydrogens is 344 g/mol. The summed E-state index contributed by atoms with van der Waals surface area (Å²) in [6, 6.07) is 0. The third-order valence-electron chi connectivity index (χ3n) is 4.55. The molecule has 0 saturated carbocycles. The van der Waals surface area contributed by atoms with Gasteiger partial charge in [0.1, 0.15) is 5.25 Å². The highest BCUT2D eigenvalue weighted by Gasteiger charge is 2.50. The number of hydrogen-bond acceptors (Lipinski definition) is 6. The first-order chi connectivity index (χ1) is 11.8. The molecule has 0 aromatic heterocycles. The summed E-state index contributed by atoms with van der Waals surface area (Å²) >= 11 is 0. The van der Waals surface area contributed by atoms with E-state index in [1.807, 2.05) is 6.92 Å². The zero-order valence-corrected chi connectivity index (χ0v) is 15.6. The molecule has 25 heavy (non-hydrogen) atoms. The van der Waals surface area contributed by atoms with E-state index >= 15 is 0 Å². The number of nitrogens with one attached hydrogen (secondary N) is 3. The molecular formula is C16H26N4O4S. The zero-order chi connectivity index (χ0) is 18.7. The lowest BCUT2D eigenvalue weighted by Crippen LogP contribution is -2.51. The van der Waals surface area contributed by atoms with Crippen molar-refractivity contribution in [3.05, 3.63) is 24.3 Å². The van der Waals surface area contributed by atoms with E-state index < -0.39 is 32.5 Å². The number of nitrogens with zero attached hydrogens (tertiary/aromatic N) is 1. The van der Waals surface area contributed by atoms with E-state index in [0.717, 1.165) is 4.31 Å². The van der Waals surface area contributed by atoms with Crippen LogP contribution in [0.25, 0.3) is 0 Å². The molecule has 2 amide bonds. The quantitative estimate of drug-likeness (QED) is 0.497. The number of allylic oxidation sites excluding steroid dienone is 2.